The second-order valence-electron chi connectivity index (χ2n) is 3.64. The van der Waals surface area contributed by atoms with E-state index in [9.17, 15) is 8.42 Å². The van der Waals surface area contributed by atoms with Crippen LogP contribution in [0.2, 0.25) is 0 Å². The van der Waals surface area contributed by atoms with Crippen LogP contribution >= 0.6 is 11.6 Å². The van der Waals surface area contributed by atoms with Gasteiger partial charge in [0.2, 0.25) is 0 Å². The Hall–Kier alpha value is 0.160. The summed E-state index contributed by atoms with van der Waals surface area (Å²) in [5, 5.41) is 0. The summed E-state index contributed by atoms with van der Waals surface area (Å²) in [6.07, 6.45) is 3.03. The summed E-state index contributed by atoms with van der Waals surface area (Å²) < 4.78 is 27.5. The van der Waals surface area contributed by atoms with E-state index >= 15 is 0 Å². The normalized spacial score (nSPS) is 22.1. The molecule has 0 spiro atoms. The molecule has 0 aromatic carbocycles. The van der Waals surface area contributed by atoms with E-state index in [1.165, 1.54) is 4.31 Å². The molecule has 0 saturated carbocycles. The molecule has 1 N–H and O–H groups in total. The predicted molar refractivity (Wildman–Crippen MR) is 57.7 cm³/mol. The molecular formula is C8H17ClN2O2S. The topological polar surface area (TPSA) is 49.4 Å². The van der Waals surface area contributed by atoms with E-state index in [1.54, 1.807) is 6.92 Å². The highest BCUT2D eigenvalue weighted by Crippen LogP contribution is 2.12. The maximum Gasteiger partial charge on any atom is 0.279 e. The fraction of sp³-hybridized carbons (Fsp3) is 1.00. The molecule has 14 heavy (non-hydrogen) atoms. The summed E-state index contributed by atoms with van der Waals surface area (Å²) in [6.45, 7) is 3.02. The van der Waals surface area contributed by atoms with Crippen molar-refractivity contribution in [3.63, 3.8) is 0 Å². The summed E-state index contributed by atoms with van der Waals surface area (Å²) in [6, 6.07) is -0.205. The Morgan fingerprint density at radius 1 is 1.36 bits per heavy atom. The second-order valence-corrected chi connectivity index (χ2v) is 5.65. The van der Waals surface area contributed by atoms with Crippen LogP contribution in [-0.4, -0.2) is 37.7 Å². The lowest BCUT2D eigenvalue weighted by Gasteiger charge is -2.27. The first-order valence-corrected chi connectivity index (χ1v) is 6.87. The van der Waals surface area contributed by atoms with Crippen molar-refractivity contribution in [3.8, 4) is 0 Å². The number of hydrogen-bond donors (Lipinski definition) is 1. The zero-order chi connectivity index (χ0) is 10.6. The van der Waals surface area contributed by atoms with Gasteiger partial charge in [0.15, 0.2) is 0 Å². The molecule has 0 aromatic heterocycles. The van der Waals surface area contributed by atoms with Crippen LogP contribution in [0.25, 0.3) is 0 Å². The highest BCUT2D eigenvalue weighted by Gasteiger charge is 2.24. The summed E-state index contributed by atoms with van der Waals surface area (Å²) in [5.74, 6) is 0.299. The number of piperidine rings is 1. The minimum atomic E-state index is -3.30. The lowest BCUT2D eigenvalue weighted by atomic mass is 10.2. The number of nitrogens with one attached hydrogen (secondary N) is 1. The molecule has 1 unspecified atom stereocenters. The number of nitrogens with zero attached hydrogens (tertiary/aromatic N) is 1. The largest absolute Gasteiger partial charge is 0.279 e. The van der Waals surface area contributed by atoms with Gasteiger partial charge in [0, 0.05) is 25.0 Å². The third kappa shape index (κ3) is 3.38. The van der Waals surface area contributed by atoms with Crippen LogP contribution in [-0.2, 0) is 10.2 Å². The van der Waals surface area contributed by atoms with E-state index in [4.69, 9.17) is 11.6 Å². The standard InChI is InChI=1S/C8H17ClN2O2S/c1-8(7-9)10-14(12,13)11-5-3-2-4-6-11/h8,10H,2-7H2,1H3. The third-order valence-corrected chi connectivity index (χ3v) is 4.44. The fourth-order valence-electron chi connectivity index (χ4n) is 1.47. The van der Waals surface area contributed by atoms with Gasteiger partial charge in [0.1, 0.15) is 0 Å². The highest BCUT2D eigenvalue weighted by molar-refractivity contribution is 7.87. The van der Waals surface area contributed by atoms with E-state index in [1.807, 2.05) is 0 Å². The zero-order valence-corrected chi connectivity index (χ0v) is 9.94. The first-order valence-electron chi connectivity index (χ1n) is 4.89. The third-order valence-electron chi connectivity index (χ3n) is 2.24. The van der Waals surface area contributed by atoms with Crippen molar-refractivity contribution in [1.29, 1.82) is 0 Å². The molecule has 1 saturated heterocycles. The zero-order valence-electron chi connectivity index (χ0n) is 8.37. The first kappa shape index (κ1) is 12.2. The summed E-state index contributed by atoms with van der Waals surface area (Å²) >= 11 is 5.55. The van der Waals surface area contributed by atoms with Crippen LogP contribution < -0.4 is 4.72 Å². The minimum Gasteiger partial charge on any atom is -0.198 e. The molecular weight excluding hydrogens is 224 g/mol. The quantitative estimate of drug-likeness (QED) is 0.744. The van der Waals surface area contributed by atoms with Crippen LogP contribution in [0.15, 0.2) is 0 Å². The SMILES string of the molecule is CC(CCl)NS(=O)(=O)N1CCCCC1. The molecule has 1 aliphatic heterocycles. The van der Waals surface area contributed by atoms with Crippen molar-refractivity contribution in [2.24, 2.45) is 0 Å². The molecule has 0 amide bonds. The number of alkyl halides is 1. The smallest absolute Gasteiger partial charge is 0.198 e. The Labute approximate surface area is 90.8 Å². The van der Waals surface area contributed by atoms with Crippen LogP contribution in [0.3, 0.4) is 0 Å². The Morgan fingerprint density at radius 3 is 2.43 bits per heavy atom. The fourth-order valence-corrected chi connectivity index (χ4v) is 3.11. The van der Waals surface area contributed by atoms with E-state index < -0.39 is 10.2 Å². The number of halogens is 1. The van der Waals surface area contributed by atoms with E-state index in [-0.39, 0.29) is 6.04 Å². The van der Waals surface area contributed by atoms with Crippen molar-refractivity contribution >= 4 is 21.8 Å². The van der Waals surface area contributed by atoms with Gasteiger partial charge in [-0.2, -0.15) is 17.4 Å². The first-order chi connectivity index (χ1) is 6.56. The average Bonchev–Trinajstić information content (AvgIpc) is 2.18. The van der Waals surface area contributed by atoms with Gasteiger partial charge >= 0.3 is 0 Å². The van der Waals surface area contributed by atoms with E-state index in [0.29, 0.717) is 19.0 Å². The van der Waals surface area contributed by atoms with Crippen LogP contribution in [0.1, 0.15) is 26.2 Å². The van der Waals surface area contributed by atoms with Gasteiger partial charge in [-0.05, 0) is 19.8 Å². The van der Waals surface area contributed by atoms with Crippen molar-refractivity contribution < 1.29 is 8.42 Å². The molecule has 6 heteroatoms. The van der Waals surface area contributed by atoms with Crippen molar-refractivity contribution in [1.82, 2.24) is 9.03 Å². The Morgan fingerprint density at radius 2 is 1.93 bits per heavy atom. The molecule has 1 heterocycles. The lowest BCUT2D eigenvalue weighted by molar-refractivity contribution is 0.340. The molecule has 1 rings (SSSR count). The van der Waals surface area contributed by atoms with Gasteiger partial charge in [-0.3, -0.25) is 0 Å². The summed E-state index contributed by atoms with van der Waals surface area (Å²) in [4.78, 5) is 0. The second kappa shape index (κ2) is 5.30. The van der Waals surface area contributed by atoms with Gasteiger partial charge in [0.25, 0.3) is 10.2 Å². The minimum absolute atomic E-state index is 0.205. The van der Waals surface area contributed by atoms with Crippen LogP contribution in [0, 0.1) is 0 Å². The summed E-state index contributed by atoms with van der Waals surface area (Å²) in [5.41, 5.74) is 0. The molecule has 0 aliphatic carbocycles. The van der Waals surface area contributed by atoms with Crippen LogP contribution in [0.5, 0.6) is 0 Å². The van der Waals surface area contributed by atoms with Gasteiger partial charge in [0.05, 0.1) is 0 Å². The van der Waals surface area contributed by atoms with Gasteiger partial charge < -0.3 is 0 Å². The van der Waals surface area contributed by atoms with Gasteiger partial charge in [-0.1, -0.05) is 6.42 Å². The molecule has 4 nitrogen and oxygen atoms in total. The Kier molecular flexibility index (Phi) is 4.63. The molecule has 1 atom stereocenters. The van der Waals surface area contributed by atoms with Crippen LogP contribution in [0.4, 0.5) is 0 Å². The van der Waals surface area contributed by atoms with E-state index in [2.05, 4.69) is 4.72 Å². The monoisotopic (exact) mass is 240 g/mol. The highest BCUT2D eigenvalue weighted by atomic mass is 35.5. The predicted octanol–water partition coefficient (Wildman–Crippen LogP) is 0.934. The lowest BCUT2D eigenvalue weighted by Crippen LogP contribution is -2.46. The Bertz CT molecular complexity index is 263. The van der Waals surface area contributed by atoms with Crippen molar-refractivity contribution in [3.05, 3.63) is 0 Å². The molecule has 1 fully saturated rings. The van der Waals surface area contributed by atoms with Crippen molar-refractivity contribution in [2.75, 3.05) is 19.0 Å². The number of rotatable bonds is 4. The van der Waals surface area contributed by atoms with E-state index in [0.717, 1.165) is 19.3 Å². The molecule has 1 aliphatic rings. The molecule has 84 valence electrons. The van der Waals surface area contributed by atoms with Gasteiger partial charge in [-0.25, -0.2) is 0 Å². The maximum absolute atomic E-state index is 11.7. The van der Waals surface area contributed by atoms with Gasteiger partial charge in [-0.15, -0.1) is 11.6 Å². The molecule has 0 aromatic rings. The van der Waals surface area contributed by atoms with Crippen molar-refractivity contribution in [2.45, 2.75) is 32.2 Å². The molecule has 0 radical (unpaired) electrons. The maximum atomic E-state index is 11.7. The average molecular weight is 241 g/mol. The summed E-state index contributed by atoms with van der Waals surface area (Å²) in [7, 11) is -3.30. The number of hydrogen-bond acceptors (Lipinski definition) is 2. The molecule has 0 bridgehead atoms. The Balaban J connectivity index is 2.54.